The second-order valence-corrected chi connectivity index (χ2v) is 8.50. The zero-order chi connectivity index (χ0) is 20.1. The van der Waals surface area contributed by atoms with Gasteiger partial charge in [-0.2, -0.15) is 0 Å². The Morgan fingerprint density at radius 2 is 1.24 bits per heavy atom. The predicted molar refractivity (Wildman–Crippen MR) is 124 cm³/mol. The molecular weight excluding hydrogens is 348 g/mol. The maximum Gasteiger partial charge on any atom is 0.0112 e. The van der Waals surface area contributed by atoms with Crippen LogP contribution in [0.25, 0.3) is 0 Å². The first-order valence-electron chi connectivity index (χ1n) is 10.8. The largest absolute Gasteiger partial charge is 0.0769 e. The van der Waals surface area contributed by atoms with E-state index in [-0.39, 0.29) is 0 Å². The van der Waals surface area contributed by atoms with Gasteiger partial charge in [-0.3, -0.25) is 0 Å². The minimum atomic E-state index is 0.454. The third kappa shape index (κ3) is 4.95. The first kappa shape index (κ1) is 19.5. The van der Waals surface area contributed by atoms with Gasteiger partial charge in [0, 0.05) is 5.92 Å². The predicted octanol–water partition coefficient (Wildman–Crippen LogP) is 7.52. The maximum atomic E-state index is 2.40. The maximum absolute atomic E-state index is 2.40. The molecule has 0 amide bonds. The van der Waals surface area contributed by atoms with Gasteiger partial charge in [-0.05, 0) is 53.0 Å². The van der Waals surface area contributed by atoms with E-state index in [2.05, 4.69) is 111 Å². The van der Waals surface area contributed by atoms with Crippen LogP contribution in [0, 0.1) is 5.92 Å². The van der Waals surface area contributed by atoms with Gasteiger partial charge in [-0.1, -0.05) is 117 Å². The van der Waals surface area contributed by atoms with Crippen LogP contribution >= 0.6 is 0 Å². The van der Waals surface area contributed by atoms with Crippen LogP contribution in [0.4, 0.5) is 0 Å². The van der Waals surface area contributed by atoms with Crippen LogP contribution < -0.4 is 0 Å². The average molecular weight is 379 g/mol. The van der Waals surface area contributed by atoms with Gasteiger partial charge in [0.25, 0.3) is 0 Å². The van der Waals surface area contributed by atoms with E-state index >= 15 is 0 Å². The van der Waals surface area contributed by atoms with Crippen molar-refractivity contribution in [3.8, 4) is 0 Å². The monoisotopic (exact) mass is 378 g/mol. The molecule has 4 rings (SSSR count). The second kappa shape index (κ2) is 9.09. The molecule has 0 nitrogen and oxygen atoms in total. The van der Waals surface area contributed by atoms with Crippen molar-refractivity contribution in [3.05, 3.63) is 130 Å². The van der Waals surface area contributed by atoms with Crippen LogP contribution in [-0.4, -0.2) is 0 Å². The molecule has 0 heteroatoms. The molecule has 3 aromatic carbocycles. The molecule has 1 atom stereocenters. The molecule has 0 spiro atoms. The van der Waals surface area contributed by atoms with Crippen LogP contribution in [0.1, 0.15) is 48.4 Å². The van der Waals surface area contributed by atoms with Gasteiger partial charge in [0.2, 0.25) is 0 Å². The van der Waals surface area contributed by atoms with Crippen molar-refractivity contribution in [1.82, 2.24) is 0 Å². The molecule has 1 unspecified atom stereocenters. The lowest BCUT2D eigenvalue weighted by Crippen LogP contribution is -2.08. The summed E-state index contributed by atoms with van der Waals surface area (Å²) in [7, 11) is 0. The fraction of sp³-hybridized carbons (Fsp3) is 0.241. The van der Waals surface area contributed by atoms with Gasteiger partial charge in [0.1, 0.15) is 0 Å². The summed E-state index contributed by atoms with van der Waals surface area (Å²) in [4.78, 5) is 0. The first-order valence-corrected chi connectivity index (χ1v) is 10.8. The average Bonchev–Trinajstić information content (AvgIpc) is 3.17. The highest BCUT2D eigenvalue weighted by Gasteiger charge is 2.18. The summed E-state index contributed by atoms with van der Waals surface area (Å²) >= 11 is 0. The molecule has 29 heavy (non-hydrogen) atoms. The molecule has 0 saturated carbocycles. The third-order valence-electron chi connectivity index (χ3n) is 5.86. The Labute approximate surface area is 175 Å². The zero-order valence-corrected chi connectivity index (χ0v) is 17.5. The normalized spacial score (nSPS) is 14.6. The first-order chi connectivity index (χ1) is 14.2. The minimum Gasteiger partial charge on any atom is -0.0769 e. The summed E-state index contributed by atoms with van der Waals surface area (Å²) in [5.74, 6) is 1.03. The van der Waals surface area contributed by atoms with Crippen molar-refractivity contribution < 1.29 is 0 Å². The van der Waals surface area contributed by atoms with Crippen LogP contribution in [0.3, 0.4) is 0 Å². The lowest BCUT2D eigenvalue weighted by atomic mass is 9.82. The molecule has 0 saturated heterocycles. The van der Waals surface area contributed by atoms with E-state index in [0.29, 0.717) is 11.8 Å². The standard InChI is InChI=1S/C29H30/c1-22(2)29(27-11-7-4-8-12-27)28-17-15-24(16-18-28)20-26-14-13-25(21-26)19-23-9-5-3-6-10-23/h3-13,15-18,21-22,29H,14,19-20H2,1-2H3. The van der Waals surface area contributed by atoms with Crippen LogP contribution in [0.15, 0.2) is 108 Å². The molecule has 0 bridgehead atoms. The highest BCUT2D eigenvalue weighted by atomic mass is 14.2. The van der Waals surface area contributed by atoms with Crippen molar-refractivity contribution in [3.63, 3.8) is 0 Å². The quantitative estimate of drug-likeness (QED) is 0.399. The number of benzene rings is 3. The van der Waals surface area contributed by atoms with Crippen molar-refractivity contribution in [2.45, 2.75) is 39.0 Å². The molecule has 1 aliphatic carbocycles. The molecule has 0 fully saturated rings. The lowest BCUT2D eigenvalue weighted by Gasteiger charge is -2.22. The van der Waals surface area contributed by atoms with Gasteiger partial charge in [0.05, 0.1) is 0 Å². The highest BCUT2D eigenvalue weighted by Crippen LogP contribution is 2.32. The van der Waals surface area contributed by atoms with Gasteiger partial charge in [0.15, 0.2) is 0 Å². The van der Waals surface area contributed by atoms with Crippen LogP contribution in [-0.2, 0) is 12.8 Å². The van der Waals surface area contributed by atoms with E-state index in [1.165, 1.54) is 33.4 Å². The van der Waals surface area contributed by atoms with Gasteiger partial charge in [-0.25, -0.2) is 0 Å². The third-order valence-corrected chi connectivity index (χ3v) is 5.86. The molecule has 1 aliphatic rings. The summed E-state index contributed by atoms with van der Waals surface area (Å²) in [6.07, 6.45) is 7.97. The van der Waals surface area contributed by atoms with Gasteiger partial charge >= 0.3 is 0 Å². The number of rotatable bonds is 7. The Hall–Kier alpha value is -2.86. The number of hydrogen-bond acceptors (Lipinski definition) is 0. The van der Waals surface area contributed by atoms with Crippen molar-refractivity contribution in [2.75, 3.05) is 0 Å². The molecular formula is C29H30. The van der Waals surface area contributed by atoms with E-state index < -0.39 is 0 Å². The summed E-state index contributed by atoms with van der Waals surface area (Å²) in [6, 6.07) is 31.0. The molecule has 0 N–H and O–H groups in total. The fourth-order valence-corrected chi connectivity index (χ4v) is 4.45. The van der Waals surface area contributed by atoms with Crippen molar-refractivity contribution >= 4 is 0 Å². The van der Waals surface area contributed by atoms with E-state index in [9.17, 15) is 0 Å². The summed E-state index contributed by atoms with van der Waals surface area (Å²) < 4.78 is 0. The van der Waals surface area contributed by atoms with Gasteiger partial charge in [-0.15, -0.1) is 0 Å². The van der Waals surface area contributed by atoms with Crippen molar-refractivity contribution in [1.29, 1.82) is 0 Å². The fourth-order valence-electron chi connectivity index (χ4n) is 4.45. The Morgan fingerprint density at radius 3 is 1.90 bits per heavy atom. The topological polar surface area (TPSA) is 0 Å². The van der Waals surface area contributed by atoms with Gasteiger partial charge < -0.3 is 0 Å². The number of allylic oxidation sites excluding steroid dienone is 4. The molecule has 0 aromatic heterocycles. The molecule has 0 radical (unpaired) electrons. The van der Waals surface area contributed by atoms with E-state index in [0.717, 1.165) is 19.3 Å². The second-order valence-electron chi connectivity index (χ2n) is 8.50. The zero-order valence-electron chi connectivity index (χ0n) is 17.5. The highest BCUT2D eigenvalue weighted by molar-refractivity contribution is 5.40. The Bertz CT molecular complexity index is 973. The van der Waals surface area contributed by atoms with E-state index in [1.54, 1.807) is 0 Å². The van der Waals surface area contributed by atoms with Crippen LogP contribution in [0.2, 0.25) is 0 Å². The SMILES string of the molecule is CC(C)C(c1ccccc1)c1ccc(CC2=CC(Cc3ccccc3)=CC2)cc1. The minimum absolute atomic E-state index is 0.454. The molecule has 3 aromatic rings. The Kier molecular flexibility index (Phi) is 6.10. The molecule has 146 valence electrons. The van der Waals surface area contributed by atoms with E-state index in [1.807, 2.05) is 0 Å². The Morgan fingerprint density at radius 1 is 0.655 bits per heavy atom. The lowest BCUT2D eigenvalue weighted by molar-refractivity contribution is 0.564. The summed E-state index contributed by atoms with van der Waals surface area (Å²) in [5, 5.41) is 0. The number of hydrogen-bond donors (Lipinski definition) is 0. The van der Waals surface area contributed by atoms with E-state index in [4.69, 9.17) is 0 Å². The molecule has 0 heterocycles. The Balaban J connectivity index is 1.43. The molecule has 0 aliphatic heterocycles. The summed E-state index contributed by atoms with van der Waals surface area (Å²) in [6.45, 7) is 4.63. The van der Waals surface area contributed by atoms with Crippen molar-refractivity contribution in [2.24, 2.45) is 5.92 Å². The smallest absolute Gasteiger partial charge is 0.0112 e. The van der Waals surface area contributed by atoms with Crippen LogP contribution in [0.5, 0.6) is 0 Å². The summed E-state index contributed by atoms with van der Waals surface area (Å²) in [5.41, 5.74) is 8.59.